The highest BCUT2D eigenvalue weighted by Crippen LogP contribution is 2.21. The van der Waals surface area contributed by atoms with Crippen LogP contribution in [0, 0.1) is 0 Å². The van der Waals surface area contributed by atoms with E-state index in [9.17, 15) is 13.8 Å². The molecule has 0 fully saturated rings. The molecule has 2 N–H and O–H groups in total. The van der Waals surface area contributed by atoms with Crippen LogP contribution in [0.15, 0.2) is 64.2 Å². The Morgan fingerprint density at radius 2 is 1.74 bits per heavy atom. The normalized spacial score (nSPS) is 12.2. The van der Waals surface area contributed by atoms with Crippen molar-refractivity contribution in [1.82, 2.24) is 19.1 Å². The molecular formula is C25H28N4O5S. The largest absolute Gasteiger partial charge is 0.380 e. The summed E-state index contributed by atoms with van der Waals surface area (Å²) < 4.78 is 27.9. The van der Waals surface area contributed by atoms with Crippen molar-refractivity contribution >= 4 is 22.5 Å². The van der Waals surface area contributed by atoms with E-state index >= 15 is 0 Å². The van der Waals surface area contributed by atoms with E-state index in [0.29, 0.717) is 67.9 Å². The Labute approximate surface area is 204 Å². The van der Waals surface area contributed by atoms with Crippen molar-refractivity contribution in [2.24, 2.45) is 0 Å². The van der Waals surface area contributed by atoms with E-state index in [1.54, 1.807) is 16.7 Å². The van der Waals surface area contributed by atoms with E-state index in [2.05, 4.69) is 9.97 Å². The summed E-state index contributed by atoms with van der Waals surface area (Å²) in [7, 11) is 0. The number of hydrogen-bond donors (Lipinski definition) is 2. The minimum atomic E-state index is -2.39. The standard InChI is InChI=1S/C25H28N4O5S/c1-2-15-29-24(30)22-23(27-21(26-22)17-18-10-4-3-5-11-18)28(25(29)31)16-9-8-13-19-12-6-7-14-20(19)34-35(32)33/h3-7,10-12,14H,2,8-9,13,15-17H2,1H3,(H,26,27)(H,32,33). The lowest BCUT2D eigenvalue weighted by Gasteiger charge is -2.11. The zero-order valence-electron chi connectivity index (χ0n) is 19.5. The van der Waals surface area contributed by atoms with Gasteiger partial charge in [-0.25, -0.2) is 9.78 Å². The van der Waals surface area contributed by atoms with E-state index in [0.717, 1.165) is 11.1 Å². The number of aromatic nitrogens is 4. The number of fused-ring (bicyclic) bond motifs is 1. The number of aryl methyl sites for hydroxylation is 2. The Hall–Kier alpha value is -3.50. The number of hydrogen-bond acceptors (Lipinski definition) is 5. The molecule has 9 nitrogen and oxygen atoms in total. The van der Waals surface area contributed by atoms with Crippen molar-refractivity contribution in [3.63, 3.8) is 0 Å². The zero-order chi connectivity index (χ0) is 24.8. The minimum Gasteiger partial charge on any atom is -0.380 e. The van der Waals surface area contributed by atoms with E-state index in [1.807, 2.05) is 49.4 Å². The van der Waals surface area contributed by atoms with Gasteiger partial charge < -0.3 is 9.17 Å². The molecule has 1 atom stereocenters. The second-order valence-corrected chi connectivity index (χ2v) is 8.90. The van der Waals surface area contributed by atoms with Gasteiger partial charge in [-0.15, -0.1) is 0 Å². The Kier molecular flexibility index (Phi) is 7.94. The van der Waals surface area contributed by atoms with Crippen LogP contribution in [0.3, 0.4) is 0 Å². The molecule has 2 aromatic carbocycles. The van der Waals surface area contributed by atoms with Crippen molar-refractivity contribution in [3.8, 4) is 5.75 Å². The number of nitrogens with one attached hydrogen (secondary N) is 1. The predicted molar refractivity (Wildman–Crippen MR) is 135 cm³/mol. The van der Waals surface area contributed by atoms with Gasteiger partial charge in [0.2, 0.25) is 0 Å². The number of rotatable bonds is 11. The lowest BCUT2D eigenvalue weighted by Crippen LogP contribution is -2.40. The molecule has 0 bridgehead atoms. The molecule has 35 heavy (non-hydrogen) atoms. The number of unbranched alkanes of at least 4 members (excludes halogenated alkanes) is 1. The summed E-state index contributed by atoms with van der Waals surface area (Å²) in [6.45, 7) is 2.65. The highest BCUT2D eigenvalue weighted by molar-refractivity contribution is 7.74. The molecule has 0 amide bonds. The molecule has 4 rings (SSSR count). The topological polar surface area (TPSA) is 119 Å². The van der Waals surface area contributed by atoms with Gasteiger partial charge in [-0.05, 0) is 42.9 Å². The molecule has 0 aliphatic rings. The summed E-state index contributed by atoms with van der Waals surface area (Å²) in [4.78, 5) is 34.0. The number of H-pyrrole nitrogens is 1. The molecule has 10 heteroatoms. The molecule has 2 heterocycles. The van der Waals surface area contributed by atoms with Gasteiger partial charge in [-0.2, -0.15) is 4.21 Å². The van der Waals surface area contributed by atoms with Gasteiger partial charge in [0.05, 0.1) is 0 Å². The van der Waals surface area contributed by atoms with Crippen LogP contribution in [0.2, 0.25) is 0 Å². The van der Waals surface area contributed by atoms with Crippen LogP contribution in [-0.4, -0.2) is 27.9 Å². The summed E-state index contributed by atoms with van der Waals surface area (Å²) >= 11 is -2.39. The summed E-state index contributed by atoms with van der Waals surface area (Å²) in [6.07, 6.45) is 3.16. The first-order valence-electron chi connectivity index (χ1n) is 11.6. The Balaban J connectivity index is 1.58. The maximum atomic E-state index is 13.2. The molecule has 0 radical (unpaired) electrons. The van der Waals surface area contributed by atoms with Crippen LogP contribution in [0.1, 0.15) is 43.1 Å². The van der Waals surface area contributed by atoms with Gasteiger partial charge in [0.1, 0.15) is 17.1 Å². The second kappa shape index (κ2) is 11.3. The van der Waals surface area contributed by atoms with Crippen molar-refractivity contribution in [2.75, 3.05) is 0 Å². The van der Waals surface area contributed by atoms with Gasteiger partial charge in [-0.1, -0.05) is 55.5 Å². The molecule has 0 aliphatic carbocycles. The number of nitrogens with zero attached hydrogens (tertiary/aromatic N) is 3. The SMILES string of the molecule is CCCn1c(=O)c2[nH]c(Cc3ccccc3)nc2n(CCCCc2ccccc2OS(=O)O)c1=O. The summed E-state index contributed by atoms with van der Waals surface area (Å²) in [6, 6.07) is 16.9. The average molecular weight is 497 g/mol. The monoisotopic (exact) mass is 496 g/mol. The third-order valence-corrected chi connectivity index (χ3v) is 6.11. The molecular weight excluding hydrogens is 468 g/mol. The quantitative estimate of drug-likeness (QED) is 0.243. The van der Waals surface area contributed by atoms with E-state index in [1.165, 1.54) is 4.57 Å². The minimum absolute atomic E-state index is 0.337. The smallest absolute Gasteiger partial charge is 0.357 e. The Morgan fingerprint density at radius 1 is 1.00 bits per heavy atom. The summed E-state index contributed by atoms with van der Waals surface area (Å²) in [5, 5.41) is 0. The maximum absolute atomic E-state index is 13.2. The van der Waals surface area contributed by atoms with Crippen LogP contribution in [0.5, 0.6) is 5.75 Å². The number of para-hydroxylation sites is 1. The molecule has 4 aromatic rings. The molecule has 0 saturated heterocycles. The third kappa shape index (κ3) is 5.77. The molecule has 2 aromatic heterocycles. The fourth-order valence-electron chi connectivity index (χ4n) is 4.16. The number of aromatic amines is 1. The van der Waals surface area contributed by atoms with Gasteiger partial charge in [0, 0.05) is 19.5 Å². The first-order valence-corrected chi connectivity index (χ1v) is 12.6. The van der Waals surface area contributed by atoms with E-state index in [-0.39, 0.29) is 11.2 Å². The Bertz CT molecular complexity index is 1440. The van der Waals surface area contributed by atoms with Gasteiger partial charge in [0.25, 0.3) is 5.56 Å². The maximum Gasteiger partial charge on any atom is 0.357 e. The van der Waals surface area contributed by atoms with Gasteiger partial charge in [-0.3, -0.25) is 18.5 Å². The summed E-state index contributed by atoms with van der Waals surface area (Å²) in [5.41, 5.74) is 1.87. The van der Waals surface area contributed by atoms with Crippen LogP contribution >= 0.6 is 0 Å². The molecule has 184 valence electrons. The second-order valence-electron chi connectivity index (χ2n) is 8.30. The van der Waals surface area contributed by atoms with Crippen molar-refractivity contribution in [2.45, 2.75) is 52.1 Å². The van der Waals surface area contributed by atoms with Crippen LogP contribution in [0.4, 0.5) is 0 Å². The zero-order valence-corrected chi connectivity index (χ0v) is 20.3. The van der Waals surface area contributed by atoms with Gasteiger partial charge >= 0.3 is 17.1 Å². The Morgan fingerprint density at radius 3 is 2.49 bits per heavy atom. The van der Waals surface area contributed by atoms with Crippen molar-refractivity contribution in [3.05, 3.63) is 92.4 Å². The average Bonchev–Trinajstić information content (AvgIpc) is 3.26. The van der Waals surface area contributed by atoms with Crippen LogP contribution in [0.25, 0.3) is 11.2 Å². The first-order chi connectivity index (χ1) is 17.0. The lowest BCUT2D eigenvalue weighted by atomic mass is 10.1. The number of benzene rings is 2. The van der Waals surface area contributed by atoms with Gasteiger partial charge in [0.15, 0.2) is 5.65 Å². The number of imidazole rings is 1. The molecule has 0 saturated carbocycles. The first kappa shape index (κ1) is 24.6. The van der Waals surface area contributed by atoms with Crippen molar-refractivity contribution < 1.29 is 12.9 Å². The predicted octanol–water partition coefficient (Wildman–Crippen LogP) is 3.43. The fraction of sp³-hybridized carbons (Fsp3) is 0.320. The van der Waals surface area contributed by atoms with Crippen LogP contribution < -0.4 is 15.4 Å². The third-order valence-electron chi connectivity index (χ3n) is 5.78. The molecule has 0 spiro atoms. The van der Waals surface area contributed by atoms with E-state index in [4.69, 9.17) is 8.74 Å². The van der Waals surface area contributed by atoms with Crippen molar-refractivity contribution in [1.29, 1.82) is 0 Å². The molecule has 1 unspecified atom stereocenters. The van der Waals surface area contributed by atoms with E-state index < -0.39 is 11.4 Å². The van der Waals surface area contributed by atoms with Crippen LogP contribution in [-0.2, 0) is 37.3 Å². The highest BCUT2D eigenvalue weighted by atomic mass is 32.2. The molecule has 0 aliphatic heterocycles. The lowest BCUT2D eigenvalue weighted by molar-refractivity contribution is 0.454. The summed E-state index contributed by atoms with van der Waals surface area (Å²) in [5.74, 6) is 0.996. The highest BCUT2D eigenvalue weighted by Gasteiger charge is 2.17. The fourth-order valence-corrected chi connectivity index (χ4v) is 4.48.